The van der Waals surface area contributed by atoms with Crippen molar-refractivity contribution in [2.24, 2.45) is 5.92 Å². The summed E-state index contributed by atoms with van der Waals surface area (Å²) in [6, 6.07) is 24.2. The van der Waals surface area contributed by atoms with Gasteiger partial charge in [0, 0.05) is 31.3 Å². The number of nitriles is 2. The van der Waals surface area contributed by atoms with Crippen molar-refractivity contribution in [3.8, 4) is 12.1 Å². The topological polar surface area (TPSA) is 103 Å². The zero-order valence-electron chi connectivity index (χ0n) is 25.1. The van der Waals surface area contributed by atoms with Gasteiger partial charge in [-0.15, -0.1) is 0 Å². The van der Waals surface area contributed by atoms with Crippen LogP contribution in [0.25, 0.3) is 0 Å². The fourth-order valence-corrected chi connectivity index (χ4v) is 4.00. The van der Waals surface area contributed by atoms with E-state index in [1.54, 1.807) is 6.92 Å². The molecular weight excluding hydrogens is 582 g/mol. The maximum absolute atomic E-state index is 11.9. The summed E-state index contributed by atoms with van der Waals surface area (Å²) < 4.78 is 9.94. The van der Waals surface area contributed by atoms with Crippen LogP contribution < -0.4 is 0 Å². The van der Waals surface area contributed by atoms with E-state index in [-0.39, 0.29) is 23.9 Å². The molecule has 0 aromatic heterocycles. The number of unbranched alkanes of at least 4 members (excludes halogenated alkanes) is 3. The lowest BCUT2D eigenvalue weighted by Gasteiger charge is -2.27. The molecular formula is C33H46BrN3O4. The highest BCUT2D eigenvalue weighted by atomic mass is 79.9. The Morgan fingerprint density at radius 3 is 1.80 bits per heavy atom. The van der Waals surface area contributed by atoms with Crippen LogP contribution in [0.2, 0.25) is 0 Å². The molecule has 8 heteroatoms. The summed E-state index contributed by atoms with van der Waals surface area (Å²) in [6.07, 6.45) is 4.46. The second-order valence-corrected chi connectivity index (χ2v) is 9.88. The van der Waals surface area contributed by atoms with E-state index in [1.165, 1.54) is 5.56 Å². The molecule has 2 aromatic rings. The Bertz CT molecular complexity index is 1020. The third kappa shape index (κ3) is 19.5. The Morgan fingerprint density at radius 1 is 0.805 bits per heavy atom. The second kappa shape index (κ2) is 25.7. The van der Waals surface area contributed by atoms with Gasteiger partial charge in [0.05, 0.1) is 31.3 Å². The molecule has 0 bridgehead atoms. The zero-order valence-corrected chi connectivity index (χ0v) is 26.6. The van der Waals surface area contributed by atoms with Gasteiger partial charge in [-0.2, -0.15) is 10.5 Å². The number of alkyl halides is 1. The Hall–Kier alpha value is -3.20. The summed E-state index contributed by atoms with van der Waals surface area (Å²) in [5.74, 6) is -0.363. The van der Waals surface area contributed by atoms with Gasteiger partial charge >= 0.3 is 11.9 Å². The average Bonchev–Trinajstić information content (AvgIpc) is 3.00. The van der Waals surface area contributed by atoms with E-state index < -0.39 is 0 Å². The minimum atomic E-state index is -0.297. The molecule has 2 atom stereocenters. The third-order valence-corrected chi connectivity index (χ3v) is 6.65. The molecule has 0 aliphatic carbocycles. The van der Waals surface area contributed by atoms with Crippen LogP contribution in [-0.4, -0.2) is 42.6 Å². The molecule has 0 amide bonds. The van der Waals surface area contributed by atoms with Gasteiger partial charge in [0.1, 0.15) is 6.04 Å². The van der Waals surface area contributed by atoms with Crippen LogP contribution in [-0.2, 0) is 30.9 Å². The van der Waals surface area contributed by atoms with Crippen molar-refractivity contribution >= 4 is 27.9 Å². The first-order valence-electron chi connectivity index (χ1n) is 14.3. The molecule has 2 unspecified atom stereocenters. The molecule has 0 saturated carbocycles. The zero-order chi connectivity index (χ0) is 30.7. The Balaban J connectivity index is 0.000000649. The molecule has 2 aromatic carbocycles. The average molecular weight is 629 g/mol. The van der Waals surface area contributed by atoms with Crippen molar-refractivity contribution in [1.29, 1.82) is 10.5 Å². The number of ether oxygens (including phenoxy) is 2. The summed E-state index contributed by atoms with van der Waals surface area (Å²) in [5, 5.41) is 17.9. The van der Waals surface area contributed by atoms with Crippen LogP contribution in [0.5, 0.6) is 0 Å². The number of esters is 2. The van der Waals surface area contributed by atoms with E-state index in [0.717, 1.165) is 36.6 Å². The standard InChI is InChI=1S/C16H22N2O2.C10H17NO2.C7H7Br/c1-3-20-16(19)14(2)18(12-8-7-11-17)13-15-9-5-4-6-10-15;1-3-13-10(12)9(2)7-5-4-6-8-11;8-6-7-4-2-1-3-5-7/h4-6,9-10,14H,3,7-8,12-13H2,1-2H3;9H,3-7H2,1-2H3;1-5H,6H2. The van der Waals surface area contributed by atoms with Gasteiger partial charge in [0.15, 0.2) is 0 Å². The van der Waals surface area contributed by atoms with Gasteiger partial charge in [-0.1, -0.05) is 89.9 Å². The highest BCUT2D eigenvalue weighted by molar-refractivity contribution is 9.08. The number of hydrogen-bond acceptors (Lipinski definition) is 7. The number of carbonyl (C=O) groups excluding carboxylic acids is 2. The molecule has 0 heterocycles. The minimum Gasteiger partial charge on any atom is -0.466 e. The third-order valence-electron chi connectivity index (χ3n) is 6.00. The summed E-state index contributed by atoms with van der Waals surface area (Å²) in [7, 11) is 0. The first-order valence-corrected chi connectivity index (χ1v) is 15.4. The van der Waals surface area contributed by atoms with Crippen molar-refractivity contribution in [3.63, 3.8) is 0 Å². The summed E-state index contributed by atoms with van der Waals surface area (Å²) >= 11 is 3.36. The Kier molecular flexibility index (Phi) is 23.7. The van der Waals surface area contributed by atoms with E-state index in [1.807, 2.05) is 69.3 Å². The Morgan fingerprint density at radius 2 is 1.32 bits per heavy atom. The first kappa shape index (κ1) is 37.8. The first-order chi connectivity index (χ1) is 19.8. The van der Waals surface area contributed by atoms with Crippen LogP contribution in [0.3, 0.4) is 0 Å². The molecule has 0 N–H and O–H groups in total. The molecule has 41 heavy (non-hydrogen) atoms. The fourth-order valence-electron chi connectivity index (χ4n) is 3.62. The van der Waals surface area contributed by atoms with Gasteiger partial charge < -0.3 is 9.47 Å². The van der Waals surface area contributed by atoms with Crippen molar-refractivity contribution in [1.82, 2.24) is 4.90 Å². The number of rotatable bonds is 15. The lowest BCUT2D eigenvalue weighted by molar-refractivity contribution is -0.149. The van der Waals surface area contributed by atoms with Gasteiger partial charge in [0.2, 0.25) is 0 Å². The molecule has 0 fully saturated rings. The summed E-state index contributed by atoms with van der Waals surface area (Å²) in [6.45, 7) is 9.57. The quantitative estimate of drug-likeness (QED) is 0.114. The fraction of sp³-hybridized carbons (Fsp3) is 0.515. The predicted molar refractivity (Wildman–Crippen MR) is 167 cm³/mol. The smallest absolute Gasteiger partial charge is 0.323 e. The van der Waals surface area contributed by atoms with Crippen LogP contribution in [0.15, 0.2) is 60.7 Å². The van der Waals surface area contributed by atoms with Gasteiger partial charge in [-0.05, 0) is 51.2 Å². The molecule has 0 spiro atoms. The van der Waals surface area contributed by atoms with Crippen molar-refractivity contribution in [2.45, 2.75) is 84.1 Å². The van der Waals surface area contributed by atoms with E-state index in [9.17, 15) is 9.59 Å². The number of nitrogens with zero attached hydrogens (tertiary/aromatic N) is 3. The van der Waals surface area contributed by atoms with Crippen molar-refractivity contribution in [3.05, 3.63) is 71.8 Å². The molecule has 2 rings (SSSR count). The SMILES string of the molecule is BrCc1ccccc1.CCOC(=O)C(C)CCCCC#N.CCOC(=O)C(C)N(CCCC#N)Cc1ccccc1. The monoisotopic (exact) mass is 627 g/mol. The lowest BCUT2D eigenvalue weighted by atomic mass is 10.0. The summed E-state index contributed by atoms with van der Waals surface area (Å²) in [4.78, 5) is 25.1. The highest BCUT2D eigenvalue weighted by Crippen LogP contribution is 2.12. The van der Waals surface area contributed by atoms with Crippen LogP contribution >= 0.6 is 15.9 Å². The molecule has 0 aliphatic heterocycles. The Labute approximate surface area is 255 Å². The van der Waals surface area contributed by atoms with E-state index in [4.69, 9.17) is 20.0 Å². The van der Waals surface area contributed by atoms with Crippen molar-refractivity contribution in [2.75, 3.05) is 19.8 Å². The minimum absolute atomic E-state index is 0.0290. The van der Waals surface area contributed by atoms with Crippen LogP contribution in [0.4, 0.5) is 0 Å². The maximum atomic E-state index is 11.9. The van der Waals surface area contributed by atoms with Gasteiger partial charge in [-0.3, -0.25) is 14.5 Å². The van der Waals surface area contributed by atoms with Crippen LogP contribution in [0.1, 0.15) is 77.3 Å². The van der Waals surface area contributed by atoms with Gasteiger partial charge in [0.25, 0.3) is 0 Å². The van der Waals surface area contributed by atoms with E-state index >= 15 is 0 Å². The number of halogens is 1. The summed E-state index contributed by atoms with van der Waals surface area (Å²) in [5.41, 5.74) is 2.48. The van der Waals surface area contributed by atoms with Crippen molar-refractivity contribution < 1.29 is 19.1 Å². The number of benzene rings is 2. The predicted octanol–water partition coefficient (Wildman–Crippen LogP) is 7.60. The number of hydrogen-bond donors (Lipinski definition) is 0. The number of carbonyl (C=O) groups is 2. The highest BCUT2D eigenvalue weighted by Gasteiger charge is 2.22. The second-order valence-electron chi connectivity index (χ2n) is 9.32. The molecule has 224 valence electrons. The van der Waals surface area contributed by atoms with Gasteiger partial charge in [-0.25, -0.2) is 0 Å². The largest absolute Gasteiger partial charge is 0.466 e. The molecule has 0 aliphatic rings. The van der Waals surface area contributed by atoms with Crippen LogP contribution in [0, 0.1) is 28.6 Å². The van der Waals surface area contributed by atoms with E-state index in [2.05, 4.69) is 45.1 Å². The lowest BCUT2D eigenvalue weighted by Crippen LogP contribution is -2.40. The maximum Gasteiger partial charge on any atom is 0.323 e. The normalized spacial score (nSPS) is 11.3. The molecule has 0 saturated heterocycles. The van der Waals surface area contributed by atoms with E-state index in [0.29, 0.717) is 39.1 Å². The molecule has 7 nitrogen and oxygen atoms in total. The molecule has 0 radical (unpaired) electrons.